The summed E-state index contributed by atoms with van der Waals surface area (Å²) in [5.41, 5.74) is 1.50. The van der Waals surface area contributed by atoms with Crippen molar-refractivity contribution in [3.8, 4) is 6.07 Å². The van der Waals surface area contributed by atoms with Crippen LogP contribution in [0.15, 0.2) is 34.6 Å². The van der Waals surface area contributed by atoms with Crippen LogP contribution < -0.4 is 10.4 Å². The number of carbonyl (C=O) groups excluding carboxylic acids is 1. The van der Waals surface area contributed by atoms with Crippen molar-refractivity contribution in [2.45, 2.75) is 39.7 Å². The first kappa shape index (κ1) is 23.8. The average Bonchev–Trinajstić information content (AvgIpc) is 2.82. The first-order valence-electron chi connectivity index (χ1n) is 10.7. The van der Waals surface area contributed by atoms with E-state index in [1.807, 2.05) is 13.0 Å². The molecule has 0 unspecified atom stereocenters. The highest BCUT2D eigenvalue weighted by molar-refractivity contribution is 5.98. The molecule has 10 heteroatoms. The number of anilines is 2. The predicted octanol–water partition coefficient (Wildman–Crippen LogP) is 3.58. The summed E-state index contributed by atoms with van der Waals surface area (Å²) in [6.07, 6.45) is 4.66. The summed E-state index contributed by atoms with van der Waals surface area (Å²) in [5, 5.41) is 21.2. The van der Waals surface area contributed by atoms with E-state index in [2.05, 4.69) is 39.1 Å². The van der Waals surface area contributed by atoms with E-state index in [4.69, 9.17) is 5.26 Å². The van der Waals surface area contributed by atoms with Gasteiger partial charge in [-0.3, -0.25) is 4.79 Å². The second-order valence-corrected chi connectivity index (χ2v) is 7.86. The van der Waals surface area contributed by atoms with Crippen LogP contribution in [0.1, 0.15) is 48.4 Å². The highest BCUT2D eigenvalue weighted by Gasteiger charge is 2.34. The van der Waals surface area contributed by atoms with Crippen molar-refractivity contribution in [1.29, 1.82) is 5.26 Å². The molecule has 2 atom stereocenters. The van der Waals surface area contributed by atoms with E-state index in [0.717, 1.165) is 18.9 Å². The van der Waals surface area contributed by atoms with Crippen LogP contribution in [-0.4, -0.2) is 52.8 Å². The highest BCUT2D eigenvalue weighted by Crippen LogP contribution is 2.28. The van der Waals surface area contributed by atoms with Gasteiger partial charge in [0.25, 0.3) is 5.91 Å². The molecule has 0 spiro atoms. The Labute approximate surface area is 192 Å². The number of hydrazone groups is 2. The van der Waals surface area contributed by atoms with Gasteiger partial charge >= 0.3 is 0 Å². The molecule has 1 aliphatic heterocycles. The zero-order valence-electron chi connectivity index (χ0n) is 19.0. The Morgan fingerprint density at radius 2 is 2.30 bits per heavy atom. The first-order valence-corrected chi connectivity index (χ1v) is 10.7. The van der Waals surface area contributed by atoms with E-state index < -0.39 is 5.82 Å². The van der Waals surface area contributed by atoms with Gasteiger partial charge in [0.2, 0.25) is 0 Å². The minimum atomic E-state index is -0.608. The number of nitrogens with one attached hydrogen (secondary N) is 1. The molecule has 1 fully saturated rings. The Kier molecular flexibility index (Phi) is 7.66. The zero-order valence-corrected chi connectivity index (χ0v) is 19.0. The third-order valence-electron chi connectivity index (χ3n) is 5.62. The molecule has 1 amide bonds. The molecule has 0 aromatic carbocycles. The van der Waals surface area contributed by atoms with Gasteiger partial charge in [0.1, 0.15) is 11.8 Å². The molecule has 0 aliphatic carbocycles. The normalized spacial score (nSPS) is 18.1. The van der Waals surface area contributed by atoms with Crippen molar-refractivity contribution >= 4 is 30.3 Å². The van der Waals surface area contributed by atoms with Gasteiger partial charge in [-0.25, -0.2) is 14.4 Å². The van der Waals surface area contributed by atoms with Crippen LogP contribution in [-0.2, 0) is 0 Å². The van der Waals surface area contributed by atoms with Crippen LogP contribution in [0, 0.1) is 30.0 Å². The Balaban J connectivity index is 1.89. The SMILES string of the molecule is C=NN(/N=C\C)c1ccc(C)nc1C(=O)N1CCC[C@@H](C)[C@H]1CNc1ncc(C#N)cc1F. The maximum absolute atomic E-state index is 14.3. The summed E-state index contributed by atoms with van der Waals surface area (Å²) >= 11 is 0. The van der Waals surface area contributed by atoms with Crippen molar-refractivity contribution in [1.82, 2.24) is 14.9 Å². The topological polar surface area (TPSA) is 110 Å². The number of aryl methyl sites for hydroxylation is 1. The lowest BCUT2D eigenvalue weighted by Crippen LogP contribution is -2.51. The number of hydrogen-bond acceptors (Lipinski definition) is 8. The molecule has 2 aromatic heterocycles. The lowest BCUT2D eigenvalue weighted by atomic mass is 9.90. The Hall–Kier alpha value is -3.87. The van der Waals surface area contributed by atoms with Gasteiger partial charge in [0.15, 0.2) is 17.3 Å². The molecular weight excluding hydrogens is 423 g/mol. The number of nitrogens with zero attached hydrogens (tertiary/aromatic N) is 7. The number of hydrogen-bond donors (Lipinski definition) is 1. The summed E-state index contributed by atoms with van der Waals surface area (Å²) in [7, 11) is 0. The summed E-state index contributed by atoms with van der Waals surface area (Å²) in [4.78, 5) is 23.9. The number of likely N-dealkylation sites (tertiary alicyclic amines) is 1. The third-order valence-corrected chi connectivity index (χ3v) is 5.62. The van der Waals surface area contributed by atoms with Gasteiger partial charge in [-0.1, -0.05) is 6.92 Å². The highest BCUT2D eigenvalue weighted by atomic mass is 19.1. The molecule has 9 nitrogen and oxygen atoms in total. The lowest BCUT2D eigenvalue weighted by molar-refractivity contribution is 0.0534. The number of pyridine rings is 2. The number of halogens is 1. The van der Waals surface area contributed by atoms with E-state index in [1.54, 1.807) is 30.2 Å². The fourth-order valence-corrected chi connectivity index (χ4v) is 3.93. The van der Waals surface area contributed by atoms with Gasteiger partial charge in [-0.05, 0) is 50.8 Å². The van der Waals surface area contributed by atoms with Crippen molar-refractivity contribution in [3.05, 3.63) is 47.2 Å². The van der Waals surface area contributed by atoms with E-state index in [9.17, 15) is 9.18 Å². The number of carbonyl (C=O) groups is 1. The Morgan fingerprint density at radius 3 is 2.97 bits per heavy atom. The van der Waals surface area contributed by atoms with E-state index in [1.165, 1.54) is 11.3 Å². The Bertz CT molecular complexity index is 1100. The number of rotatable bonds is 7. The van der Waals surface area contributed by atoms with Crippen LogP contribution in [0.4, 0.5) is 15.9 Å². The second kappa shape index (κ2) is 10.6. The van der Waals surface area contributed by atoms with Crippen LogP contribution >= 0.6 is 0 Å². The van der Waals surface area contributed by atoms with Crippen LogP contribution in [0.2, 0.25) is 0 Å². The predicted molar refractivity (Wildman–Crippen MR) is 126 cm³/mol. The minimum absolute atomic E-state index is 0.0489. The molecule has 2 aromatic rings. The van der Waals surface area contributed by atoms with Crippen molar-refractivity contribution in [2.24, 2.45) is 16.1 Å². The second-order valence-electron chi connectivity index (χ2n) is 7.86. The van der Waals surface area contributed by atoms with Gasteiger partial charge in [-0.15, -0.1) is 0 Å². The molecule has 172 valence electrons. The van der Waals surface area contributed by atoms with Crippen molar-refractivity contribution < 1.29 is 9.18 Å². The molecule has 0 bridgehead atoms. The quantitative estimate of drug-likeness (QED) is 0.510. The maximum atomic E-state index is 14.3. The van der Waals surface area contributed by atoms with Gasteiger partial charge < -0.3 is 10.2 Å². The minimum Gasteiger partial charge on any atom is -0.366 e. The van der Waals surface area contributed by atoms with E-state index in [-0.39, 0.29) is 34.9 Å². The average molecular weight is 451 g/mol. The molecule has 1 aliphatic rings. The summed E-state index contributed by atoms with van der Waals surface area (Å²) in [6, 6.07) is 6.32. The lowest BCUT2D eigenvalue weighted by Gasteiger charge is -2.40. The fraction of sp³-hybridized carbons (Fsp3) is 0.391. The molecule has 0 radical (unpaired) electrons. The number of aromatic nitrogens is 2. The van der Waals surface area contributed by atoms with Crippen LogP contribution in [0.25, 0.3) is 0 Å². The van der Waals surface area contributed by atoms with E-state index >= 15 is 0 Å². The summed E-state index contributed by atoms with van der Waals surface area (Å²) in [5.74, 6) is -0.636. The number of nitriles is 1. The molecule has 1 saturated heterocycles. The molecule has 33 heavy (non-hydrogen) atoms. The standard InChI is InChI=1S/C23H27FN8O/c1-5-29-32(26-4)19-9-8-16(3)30-21(19)23(33)31-10-6-7-15(2)20(31)14-28-22-18(24)11-17(12-25)13-27-22/h5,8-9,11,13,15,20H,4,6-7,10,14H2,1-3H3,(H,27,28)/b29-5-/t15-,20-/m1/s1. The maximum Gasteiger partial charge on any atom is 0.275 e. The molecular formula is C23H27FN8O. The monoisotopic (exact) mass is 450 g/mol. The molecule has 0 saturated carbocycles. The fourth-order valence-electron chi connectivity index (χ4n) is 3.93. The summed E-state index contributed by atoms with van der Waals surface area (Å²) in [6.45, 7) is 10.0. The molecule has 3 heterocycles. The van der Waals surface area contributed by atoms with Crippen LogP contribution in [0.3, 0.4) is 0 Å². The number of piperidine rings is 1. The van der Waals surface area contributed by atoms with Crippen molar-refractivity contribution in [3.63, 3.8) is 0 Å². The molecule has 3 rings (SSSR count). The van der Waals surface area contributed by atoms with Crippen LogP contribution in [0.5, 0.6) is 0 Å². The van der Waals surface area contributed by atoms with Gasteiger partial charge in [0.05, 0.1) is 11.6 Å². The summed E-state index contributed by atoms with van der Waals surface area (Å²) < 4.78 is 14.3. The third kappa shape index (κ3) is 5.31. The first-order chi connectivity index (χ1) is 15.9. The van der Waals surface area contributed by atoms with E-state index in [0.29, 0.717) is 24.5 Å². The smallest absolute Gasteiger partial charge is 0.275 e. The largest absolute Gasteiger partial charge is 0.366 e. The zero-order chi connectivity index (χ0) is 24.0. The Morgan fingerprint density at radius 1 is 1.52 bits per heavy atom. The van der Waals surface area contributed by atoms with Gasteiger partial charge in [0, 0.05) is 37.9 Å². The van der Waals surface area contributed by atoms with Crippen molar-refractivity contribution in [2.75, 3.05) is 23.5 Å². The number of amides is 1. The molecule has 1 N–H and O–H groups in total. The van der Waals surface area contributed by atoms with Gasteiger partial charge in [-0.2, -0.15) is 20.6 Å².